The largest absolute Gasteiger partial charge is 0.376 e. The standard InChI is InChI=1S/C15H24N2O/c1-6-12-9-7-8-11(2)14(12)16-10-13(18)17-15(3,4)5/h7-9,16H,6,10H2,1-5H3,(H,17,18). The van der Waals surface area contributed by atoms with Crippen molar-refractivity contribution in [3.63, 3.8) is 0 Å². The van der Waals surface area contributed by atoms with Crippen LogP contribution in [0.5, 0.6) is 0 Å². The molecular formula is C15H24N2O. The summed E-state index contributed by atoms with van der Waals surface area (Å²) in [7, 11) is 0. The molecule has 0 saturated carbocycles. The Morgan fingerprint density at radius 2 is 1.94 bits per heavy atom. The molecule has 3 nitrogen and oxygen atoms in total. The first-order chi connectivity index (χ1) is 8.33. The Hall–Kier alpha value is -1.51. The average molecular weight is 248 g/mol. The first-order valence-corrected chi connectivity index (χ1v) is 6.47. The molecule has 1 amide bonds. The Morgan fingerprint density at radius 1 is 1.28 bits per heavy atom. The Morgan fingerprint density at radius 3 is 2.50 bits per heavy atom. The summed E-state index contributed by atoms with van der Waals surface area (Å²) in [5.74, 6) is 0.0211. The molecular weight excluding hydrogens is 224 g/mol. The van der Waals surface area contributed by atoms with Crippen molar-refractivity contribution < 1.29 is 4.79 Å². The van der Waals surface area contributed by atoms with Crippen molar-refractivity contribution in [2.24, 2.45) is 0 Å². The number of anilines is 1. The molecule has 0 bridgehead atoms. The predicted molar refractivity (Wildman–Crippen MR) is 76.9 cm³/mol. The SMILES string of the molecule is CCc1cccc(C)c1NCC(=O)NC(C)(C)C. The Balaban J connectivity index is 2.66. The molecule has 0 aliphatic rings. The maximum atomic E-state index is 11.8. The molecule has 1 aromatic carbocycles. The number of benzene rings is 1. The quantitative estimate of drug-likeness (QED) is 0.860. The van der Waals surface area contributed by atoms with Crippen LogP contribution in [0.2, 0.25) is 0 Å². The lowest BCUT2D eigenvalue weighted by molar-refractivity contribution is -0.120. The van der Waals surface area contributed by atoms with Gasteiger partial charge < -0.3 is 10.6 Å². The van der Waals surface area contributed by atoms with Crippen molar-refractivity contribution in [3.05, 3.63) is 29.3 Å². The highest BCUT2D eigenvalue weighted by molar-refractivity contribution is 5.81. The van der Waals surface area contributed by atoms with Crippen LogP contribution in [0.4, 0.5) is 5.69 Å². The molecule has 0 aliphatic heterocycles. The molecule has 1 rings (SSSR count). The fourth-order valence-corrected chi connectivity index (χ4v) is 1.91. The highest BCUT2D eigenvalue weighted by Gasteiger charge is 2.13. The molecule has 0 atom stereocenters. The fourth-order valence-electron chi connectivity index (χ4n) is 1.91. The van der Waals surface area contributed by atoms with Gasteiger partial charge in [0, 0.05) is 11.2 Å². The van der Waals surface area contributed by atoms with Crippen molar-refractivity contribution in [2.45, 2.75) is 46.6 Å². The normalized spacial score (nSPS) is 11.2. The molecule has 2 N–H and O–H groups in total. The maximum absolute atomic E-state index is 11.8. The van der Waals surface area contributed by atoms with Gasteiger partial charge in [-0.3, -0.25) is 4.79 Å². The Bertz CT molecular complexity index is 419. The van der Waals surface area contributed by atoms with E-state index < -0.39 is 0 Å². The number of hydrogen-bond acceptors (Lipinski definition) is 2. The van der Waals surface area contributed by atoms with E-state index in [0.717, 1.165) is 12.1 Å². The van der Waals surface area contributed by atoms with Crippen LogP contribution >= 0.6 is 0 Å². The van der Waals surface area contributed by atoms with E-state index in [9.17, 15) is 4.79 Å². The monoisotopic (exact) mass is 248 g/mol. The molecule has 0 aromatic heterocycles. The topological polar surface area (TPSA) is 41.1 Å². The second-order valence-corrected chi connectivity index (χ2v) is 5.61. The van der Waals surface area contributed by atoms with Gasteiger partial charge in [0.15, 0.2) is 0 Å². The van der Waals surface area contributed by atoms with E-state index in [0.29, 0.717) is 6.54 Å². The van der Waals surface area contributed by atoms with Crippen molar-refractivity contribution >= 4 is 11.6 Å². The Kier molecular flexibility index (Phi) is 4.76. The molecule has 0 unspecified atom stereocenters. The van der Waals surface area contributed by atoms with Crippen LogP contribution in [0.1, 0.15) is 38.8 Å². The van der Waals surface area contributed by atoms with Gasteiger partial charge in [-0.05, 0) is 45.2 Å². The summed E-state index contributed by atoms with van der Waals surface area (Å²) >= 11 is 0. The van der Waals surface area contributed by atoms with Crippen molar-refractivity contribution in [2.75, 3.05) is 11.9 Å². The summed E-state index contributed by atoms with van der Waals surface area (Å²) in [4.78, 5) is 11.8. The number of carbonyl (C=O) groups is 1. The summed E-state index contributed by atoms with van der Waals surface area (Å²) in [5.41, 5.74) is 3.33. The van der Waals surface area contributed by atoms with Crippen molar-refractivity contribution in [1.82, 2.24) is 5.32 Å². The van der Waals surface area contributed by atoms with E-state index in [1.54, 1.807) is 0 Å². The van der Waals surface area contributed by atoms with Crippen LogP contribution in [-0.4, -0.2) is 18.0 Å². The lowest BCUT2D eigenvalue weighted by atomic mass is 10.1. The first kappa shape index (κ1) is 14.6. The molecule has 100 valence electrons. The van der Waals surface area contributed by atoms with E-state index in [-0.39, 0.29) is 11.4 Å². The highest BCUT2D eigenvalue weighted by Crippen LogP contribution is 2.20. The molecule has 0 fully saturated rings. The van der Waals surface area contributed by atoms with Crippen molar-refractivity contribution in [3.8, 4) is 0 Å². The summed E-state index contributed by atoms with van der Waals surface area (Å²) < 4.78 is 0. The zero-order valence-corrected chi connectivity index (χ0v) is 12.1. The third-order valence-corrected chi connectivity index (χ3v) is 2.68. The van der Waals surface area contributed by atoms with E-state index in [4.69, 9.17) is 0 Å². The zero-order chi connectivity index (χ0) is 13.8. The molecule has 0 radical (unpaired) electrons. The van der Waals surface area contributed by atoms with E-state index in [1.807, 2.05) is 20.8 Å². The van der Waals surface area contributed by atoms with Crippen LogP contribution in [0, 0.1) is 6.92 Å². The summed E-state index contributed by atoms with van der Waals surface area (Å²) in [5, 5.41) is 6.19. The number of aryl methyl sites for hydroxylation is 2. The number of rotatable bonds is 4. The smallest absolute Gasteiger partial charge is 0.239 e. The summed E-state index contributed by atoms with van der Waals surface area (Å²) in [6.45, 7) is 10.4. The first-order valence-electron chi connectivity index (χ1n) is 6.47. The van der Waals surface area contributed by atoms with Crippen LogP contribution in [0.3, 0.4) is 0 Å². The third-order valence-electron chi connectivity index (χ3n) is 2.68. The fraction of sp³-hybridized carbons (Fsp3) is 0.533. The van der Waals surface area contributed by atoms with Gasteiger partial charge in [0.25, 0.3) is 0 Å². The van der Waals surface area contributed by atoms with Gasteiger partial charge >= 0.3 is 0 Å². The second-order valence-electron chi connectivity index (χ2n) is 5.61. The van der Waals surface area contributed by atoms with Crippen LogP contribution in [0.25, 0.3) is 0 Å². The van der Waals surface area contributed by atoms with E-state index >= 15 is 0 Å². The van der Waals surface area contributed by atoms with Crippen LogP contribution < -0.4 is 10.6 Å². The van der Waals surface area contributed by atoms with Crippen molar-refractivity contribution in [1.29, 1.82) is 0 Å². The summed E-state index contributed by atoms with van der Waals surface area (Å²) in [6.07, 6.45) is 0.963. The van der Waals surface area contributed by atoms with Gasteiger partial charge in [-0.1, -0.05) is 25.1 Å². The van der Waals surface area contributed by atoms with Crippen LogP contribution in [0.15, 0.2) is 18.2 Å². The zero-order valence-electron chi connectivity index (χ0n) is 12.1. The molecule has 0 aliphatic carbocycles. The lowest BCUT2D eigenvalue weighted by Gasteiger charge is -2.21. The van der Waals surface area contributed by atoms with Gasteiger partial charge in [-0.25, -0.2) is 0 Å². The second kappa shape index (κ2) is 5.89. The predicted octanol–water partition coefficient (Wildman–Crippen LogP) is 2.88. The van der Waals surface area contributed by atoms with Gasteiger partial charge in [0.1, 0.15) is 0 Å². The number of nitrogens with one attached hydrogen (secondary N) is 2. The van der Waals surface area contributed by atoms with Crippen LogP contribution in [-0.2, 0) is 11.2 Å². The molecule has 1 aromatic rings. The summed E-state index contributed by atoms with van der Waals surface area (Å²) in [6, 6.07) is 6.20. The van der Waals surface area contributed by atoms with E-state index in [2.05, 4.69) is 42.7 Å². The minimum absolute atomic E-state index is 0.0211. The van der Waals surface area contributed by atoms with Gasteiger partial charge in [0.05, 0.1) is 6.54 Å². The molecule has 3 heteroatoms. The Labute approximate surface area is 110 Å². The molecule has 0 spiro atoms. The number of carbonyl (C=O) groups excluding carboxylic acids is 1. The minimum atomic E-state index is -0.182. The van der Waals surface area contributed by atoms with Gasteiger partial charge in [0.2, 0.25) is 5.91 Å². The lowest BCUT2D eigenvalue weighted by Crippen LogP contribution is -2.43. The number of hydrogen-bond donors (Lipinski definition) is 2. The molecule has 0 heterocycles. The maximum Gasteiger partial charge on any atom is 0.239 e. The van der Waals surface area contributed by atoms with E-state index in [1.165, 1.54) is 11.1 Å². The van der Waals surface area contributed by atoms with Gasteiger partial charge in [-0.15, -0.1) is 0 Å². The number of amides is 1. The third kappa shape index (κ3) is 4.40. The average Bonchev–Trinajstić information content (AvgIpc) is 2.24. The minimum Gasteiger partial charge on any atom is -0.376 e. The van der Waals surface area contributed by atoms with Gasteiger partial charge in [-0.2, -0.15) is 0 Å². The molecule has 0 saturated heterocycles. The highest BCUT2D eigenvalue weighted by atomic mass is 16.2. The molecule has 18 heavy (non-hydrogen) atoms. The number of para-hydroxylation sites is 1.